The number of halogens is 3. The van der Waals surface area contributed by atoms with Gasteiger partial charge in [-0.3, -0.25) is 9.69 Å². The summed E-state index contributed by atoms with van der Waals surface area (Å²) >= 11 is 0. The molecule has 2 saturated carbocycles. The molecular weight excluding hydrogens is 647 g/mol. The van der Waals surface area contributed by atoms with Crippen molar-refractivity contribution in [1.29, 1.82) is 0 Å². The Kier molecular flexibility index (Phi) is 12.5. The predicted octanol–water partition coefficient (Wildman–Crippen LogP) is 7.24. The summed E-state index contributed by atoms with van der Waals surface area (Å²) in [4.78, 5) is 16.2. The molecule has 7 nitrogen and oxygen atoms in total. The molecular formula is C40H54F3NO6. The molecule has 0 heterocycles. The maximum absolute atomic E-state index is 14.3. The Labute approximate surface area is 294 Å². The molecule has 2 bridgehead atoms. The summed E-state index contributed by atoms with van der Waals surface area (Å²) in [7, 11) is 0. The first-order valence-corrected chi connectivity index (χ1v) is 18.3. The third kappa shape index (κ3) is 9.36. The van der Waals surface area contributed by atoms with Crippen LogP contribution in [0.15, 0.2) is 54.1 Å². The third-order valence-corrected chi connectivity index (χ3v) is 11.6. The Morgan fingerprint density at radius 3 is 2.44 bits per heavy atom. The first-order valence-electron chi connectivity index (χ1n) is 18.3. The molecule has 0 unspecified atom stereocenters. The van der Waals surface area contributed by atoms with Gasteiger partial charge in [-0.2, -0.15) is 0 Å². The lowest BCUT2D eigenvalue weighted by Crippen LogP contribution is -2.53. The summed E-state index contributed by atoms with van der Waals surface area (Å²) in [5, 5.41) is 44.0. The van der Waals surface area contributed by atoms with Crippen LogP contribution in [0.3, 0.4) is 0 Å². The van der Waals surface area contributed by atoms with E-state index in [4.69, 9.17) is 0 Å². The number of carbonyl (C=O) groups is 1. The number of fused-ring (bicyclic) bond motifs is 8. The highest BCUT2D eigenvalue weighted by Crippen LogP contribution is 2.59. The number of aliphatic hydroxyl groups is 4. The van der Waals surface area contributed by atoms with Crippen molar-refractivity contribution in [2.75, 3.05) is 19.7 Å². The van der Waals surface area contributed by atoms with Crippen LogP contribution in [0.5, 0.6) is 5.75 Å². The van der Waals surface area contributed by atoms with E-state index in [1.807, 2.05) is 17.0 Å². The highest BCUT2D eigenvalue weighted by atomic mass is 19.4. The molecule has 4 N–H and O–H groups in total. The lowest BCUT2D eigenvalue weighted by Gasteiger charge is -2.46. The Bertz CT molecular complexity index is 1470. The molecule has 0 radical (unpaired) electrons. The lowest BCUT2D eigenvalue weighted by molar-refractivity contribution is -0.274. The van der Waals surface area contributed by atoms with Crippen LogP contribution >= 0.6 is 0 Å². The second kappa shape index (κ2) is 16.3. The Morgan fingerprint density at radius 2 is 1.76 bits per heavy atom. The molecule has 0 spiro atoms. The highest BCUT2D eigenvalue weighted by molar-refractivity contribution is 5.99. The molecule has 4 aliphatic rings. The minimum atomic E-state index is -4.81. The molecule has 276 valence electrons. The molecule has 50 heavy (non-hydrogen) atoms. The van der Waals surface area contributed by atoms with Crippen molar-refractivity contribution in [2.24, 2.45) is 11.3 Å². The standard InChI is InChI=1S/C40H54F3NO6/c1-27-7-6-19-38(2)36(34-17-13-29(21-31(46)14-10-27)22-35(34)37(48)30-8-4-3-5-9-30)18-20-39(38,49)26-44(24-32(47)25-45)23-28-11-15-33(16-12-28)50-40(41,42)43/h7,11-13,15-17,22,30-32,36,45-47,49H,3-6,8-10,14,18-21,23-26H2,1-2H3/t31-,32-,36-,38-,39+/m0/s1. The summed E-state index contributed by atoms with van der Waals surface area (Å²) in [6, 6.07) is 11.6. The summed E-state index contributed by atoms with van der Waals surface area (Å²) in [5.74, 6) is -0.367. The van der Waals surface area contributed by atoms with Gasteiger partial charge >= 0.3 is 6.36 Å². The van der Waals surface area contributed by atoms with E-state index in [1.54, 1.807) is 0 Å². The number of benzene rings is 2. The molecule has 10 heteroatoms. The van der Waals surface area contributed by atoms with Crippen LogP contribution < -0.4 is 4.74 Å². The van der Waals surface area contributed by atoms with Gasteiger partial charge in [-0.1, -0.05) is 62.1 Å². The second-order valence-corrected chi connectivity index (χ2v) is 15.3. The molecule has 2 aromatic rings. The van der Waals surface area contributed by atoms with Crippen LogP contribution in [-0.4, -0.2) is 75.0 Å². The Hall–Kier alpha value is -2.76. The van der Waals surface area contributed by atoms with Gasteiger partial charge in [-0.25, -0.2) is 0 Å². The molecule has 0 amide bonds. The number of hydrogen-bond acceptors (Lipinski definition) is 7. The van der Waals surface area contributed by atoms with Gasteiger partial charge in [-0.05, 0) is 106 Å². The quantitative estimate of drug-likeness (QED) is 0.153. The number of rotatable bonds is 10. The highest BCUT2D eigenvalue weighted by Gasteiger charge is 2.57. The zero-order valence-electron chi connectivity index (χ0n) is 29.4. The Morgan fingerprint density at radius 1 is 1.04 bits per heavy atom. The lowest BCUT2D eigenvalue weighted by atomic mass is 9.64. The number of allylic oxidation sites excluding steroid dienone is 2. The van der Waals surface area contributed by atoms with Crippen LogP contribution in [0.25, 0.3) is 0 Å². The van der Waals surface area contributed by atoms with Crippen molar-refractivity contribution in [3.8, 4) is 5.75 Å². The van der Waals surface area contributed by atoms with Crippen molar-refractivity contribution in [3.63, 3.8) is 0 Å². The third-order valence-electron chi connectivity index (χ3n) is 11.6. The van der Waals surface area contributed by atoms with E-state index >= 15 is 0 Å². The summed E-state index contributed by atoms with van der Waals surface area (Å²) in [5.41, 5.74) is 2.47. The fraction of sp³-hybridized carbons (Fsp3) is 0.625. The van der Waals surface area contributed by atoms with Gasteiger partial charge in [0.05, 0.1) is 24.4 Å². The van der Waals surface area contributed by atoms with Crippen molar-refractivity contribution in [3.05, 3.63) is 76.4 Å². The fourth-order valence-corrected chi connectivity index (χ4v) is 8.76. The molecule has 4 aliphatic carbocycles. The van der Waals surface area contributed by atoms with E-state index in [2.05, 4.69) is 30.7 Å². The molecule has 5 atom stereocenters. The van der Waals surface area contributed by atoms with Crippen molar-refractivity contribution in [2.45, 2.75) is 128 Å². The summed E-state index contributed by atoms with van der Waals surface area (Å²) in [6.07, 6.45) is 4.96. The van der Waals surface area contributed by atoms with Gasteiger partial charge in [0.1, 0.15) is 5.75 Å². The van der Waals surface area contributed by atoms with E-state index in [0.29, 0.717) is 49.7 Å². The number of ketones is 1. The largest absolute Gasteiger partial charge is 0.573 e. The van der Waals surface area contributed by atoms with Gasteiger partial charge in [0, 0.05) is 36.5 Å². The van der Waals surface area contributed by atoms with E-state index in [1.165, 1.54) is 29.8 Å². The van der Waals surface area contributed by atoms with Crippen molar-refractivity contribution >= 4 is 5.78 Å². The minimum absolute atomic E-state index is 0.0398. The van der Waals surface area contributed by atoms with Crippen LogP contribution in [0.2, 0.25) is 0 Å². The normalized spacial score (nSPS) is 27.4. The SMILES string of the molecule is CC1=CCC[C@@]2(C)[C@@H](CC[C@@]2(O)CN(Cc2ccc(OC(F)(F)F)cc2)C[C@H](O)CO)c2ccc(cc2C(=O)C2CCCCC2)C[C@@H](O)CC1. The summed E-state index contributed by atoms with van der Waals surface area (Å²) in [6.45, 7) is 4.10. The van der Waals surface area contributed by atoms with Crippen LogP contribution in [-0.2, 0) is 13.0 Å². The van der Waals surface area contributed by atoms with Gasteiger partial charge in [0.15, 0.2) is 5.78 Å². The zero-order chi connectivity index (χ0) is 36.1. The molecule has 6 rings (SSSR count). The monoisotopic (exact) mass is 701 g/mol. The number of hydrogen-bond donors (Lipinski definition) is 4. The van der Waals surface area contributed by atoms with E-state index < -0.39 is 36.2 Å². The molecule has 2 aromatic carbocycles. The zero-order valence-corrected chi connectivity index (χ0v) is 29.4. The van der Waals surface area contributed by atoms with E-state index in [-0.39, 0.29) is 43.0 Å². The summed E-state index contributed by atoms with van der Waals surface area (Å²) < 4.78 is 42.3. The Balaban J connectivity index is 1.51. The average molecular weight is 702 g/mol. The predicted molar refractivity (Wildman–Crippen MR) is 186 cm³/mol. The van der Waals surface area contributed by atoms with Crippen molar-refractivity contribution < 1.29 is 43.1 Å². The number of nitrogens with zero attached hydrogens (tertiary/aromatic N) is 1. The van der Waals surface area contributed by atoms with Gasteiger partial charge in [-0.15, -0.1) is 13.2 Å². The number of aliphatic hydroxyl groups excluding tert-OH is 3. The van der Waals surface area contributed by atoms with E-state index in [9.17, 15) is 38.4 Å². The number of carbonyl (C=O) groups excluding carboxylic acids is 1. The molecule has 2 fully saturated rings. The maximum atomic E-state index is 14.3. The topological polar surface area (TPSA) is 110 Å². The number of alkyl halides is 3. The van der Waals surface area contributed by atoms with Crippen molar-refractivity contribution in [1.82, 2.24) is 4.90 Å². The average Bonchev–Trinajstić information content (AvgIpc) is 3.32. The first-order chi connectivity index (χ1) is 23.7. The van der Waals surface area contributed by atoms with Gasteiger partial charge in [0.25, 0.3) is 0 Å². The van der Waals surface area contributed by atoms with E-state index in [0.717, 1.165) is 49.7 Å². The fourth-order valence-electron chi connectivity index (χ4n) is 8.76. The van der Waals surface area contributed by atoms with Crippen LogP contribution in [0.1, 0.15) is 117 Å². The molecule has 0 saturated heterocycles. The van der Waals surface area contributed by atoms with Crippen LogP contribution in [0, 0.1) is 11.3 Å². The maximum Gasteiger partial charge on any atom is 0.573 e. The smallest absolute Gasteiger partial charge is 0.406 e. The second-order valence-electron chi connectivity index (χ2n) is 15.3. The minimum Gasteiger partial charge on any atom is -0.406 e. The number of Topliss-reactive ketones (excluding diaryl/α,β-unsaturated/α-hetero) is 1. The molecule has 0 aromatic heterocycles. The van der Waals surface area contributed by atoms with Gasteiger partial charge < -0.3 is 25.2 Å². The van der Waals surface area contributed by atoms with Gasteiger partial charge in [0.2, 0.25) is 0 Å². The first kappa shape index (κ1) is 38.5. The number of ether oxygens (including phenoxy) is 1. The van der Waals surface area contributed by atoms with Crippen LogP contribution in [0.4, 0.5) is 13.2 Å². The molecule has 0 aliphatic heterocycles.